The first-order valence-corrected chi connectivity index (χ1v) is 11.6. The largest absolute Gasteiger partial charge is 0.480 e. The number of nitrogens with zero attached hydrogens (tertiary/aromatic N) is 1. The molecule has 7 atom stereocenters. The van der Waals surface area contributed by atoms with Crippen LogP contribution in [0.2, 0.25) is 0 Å². The highest BCUT2D eigenvalue weighted by molar-refractivity contribution is 5.69. The monoisotopic (exact) mass is 452 g/mol. The molecular formula is C23H36N2O7. The second-order valence-electron chi connectivity index (χ2n) is 10.1. The molecule has 0 aromatic heterocycles. The van der Waals surface area contributed by atoms with Gasteiger partial charge in [-0.25, -0.2) is 4.79 Å². The van der Waals surface area contributed by atoms with Gasteiger partial charge in [0.15, 0.2) is 0 Å². The number of nitrogens with one attached hydrogen (secondary N) is 1. The van der Waals surface area contributed by atoms with E-state index in [-0.39, 0.29) is 48.0 Å². The normalized spacial score (nSPS) is 40.7. The number of carboxylic acid groups (broad SMARTS) is 1. The van der Waals surface area contributed by atoms with Crippen molar-refractivity contribution in [2.24, 2.45) is 5.92 Å². The Morgan fingerprint density at radius 2 is 2.06 bits per heavy atom. The molecule has 3 saturated heterocycles. The van der Waals surface area contributed by atoms with Gasteiger partial charge in [0.25, 0.3) is 0 Å². The highest BCUT2D eigenvalue weighted by atomic mass is 16.6. The minimum Gasteiger partial charge on any atom is -0.480 e. The van der Waals surface area contributed by atoms with Crippen LogP contribution in [0.4, 0.5) is 4.79 Å². The van der Waals surface area contributed by atoms with Crippen molar-refractivity contribution in [2.45, 2.75) is 82.0 Å². The number of alkyl carbamates (subject to hydrolysis) is 1. The van der Waals surface area contributed by atoms with E-state index in [1.165, 1.54) is 5.57 Å². The maximum atomic E-state index is 12.7. The molecule has 9 nitrogen and oxygen atoms in total. The number of carboxylic acids is 1. The molecule has 1 aliphatic carbocycles. The Morgan fingerprint density at radius 1 is 1.31 bits per heavy atom. The van der Waals surface area contributed by atoms with Crippen LogP contribution in [0, 0.1) is 5.92 Å². The number of methoxy groups -OCH3 is 1. The molecule has 0 radical (unpaired) electrons. The summed E-state index contributed by atoms with van der Waals surface area (Å²) in [6, 6.07) is -0.113. The van der Waals surface area contributed by atoms with E-state index in [1.54, 1.807) is 7.11 Å². The summed E-state index contributed by atoms with van der Waals surface area (Å²) >= 11 is 0. The van der Waals surface area contributed by atoms with Crippen molar-refractivity contribution in [2.75, 3.05) is 33.4 Å². The van der Waals surface area contributed by atoms with Gasteiger partial charge >= 0.3 is 12.1 Å². The summed E-state index contributed by atoms with van der Waals surface area (Å²) in [6.07, 6.45) is 4.15. The summed E-state index contributed by atoms with van der Waals surface area (Å²) in [6.45, 7) is 8.11. The Labute approximate surface area is 189 Å². The summed E-state index contributed by atoms with van der Waals surface area (Å²) in [5.74, 6) is -0.876. The first-order valence-electron chi connectivity index (χ1n) is 11.6. The van der Waals surface area contributed by atoms with Gasteiger partial charge in [-0.05, 0) is 46.5 Å². The van der Waals surface area contributed by atoms with E-state index < -0.39 is 12.1 Å². The number of amides is 1. The Kier molecular flexibility index (Phi) is 6.55. The number of epoxide rings is 2. The van der Waals surface area contributed by atoms with E-state index in [1.807, 2.05) is 4.90 Å². The number of rotatable bonds is 8. The van der Waals surface area contributed by atoms with Gasteiger partial charge in [-0.2, -0.15) is 0 Å². The smallest absolute Gasteiger partial charge is 0.407 e. The summed E-state index contributed by atoms with van der Waals surface area (Å²) in [5, 5.41) is 11.8. The van der Waals surface area contributed by atoms with Crippen LogP contribution in [0.1, 0.15) is 46.5 Å². The van der Waals surface area contributed by atoms with Gasteiger partial charge in [0.2, 0.25) is 0 Å². The number of carbonyl (C=O) groups is 2. The second-order valence-corrected chi connectivity index (χ2v) is 10.1. The Hall–Kier alpha value is -1.68. The molecule has 0 aromatic rings. The minimum absolute atomic E-state index is 0.0142. The van der Waals surface area contributed by atoms with Gasteiger partial charge < -0.3 is 29.4 Å². The number of likely N-dealkylation sites (tertiary alicyclic amines) is 1. The first kappa shape index (κ1) is 23.5. The Balaban J connectivity index is 1.37. The topological polar surface area (TPSA) is 113 Å². The fourth-order valence-corrected chi connectivity index (χ4v) is 5.69. The zero-order chi connectivity index (χ0) is 23.1. The van der Waals surface area contributed by atoms with Crippen LogP contribution in [0.5, 0.6) is 0 Å². The molecule has 1 saturated carbocycles. The molecular weight excluding hydrogens is 416 g/mol. The molecule has 4 fully saturated rings. The molecule has 180 valence electrons. The van der Waals surface area contributed by atoms with Gasteiger partial charge in [-0.15, -0.1) is 0 Å². The molecule has 32 heavy (non-hydrogen) atoms. The van der Waals surface area contributed by atoms with Crippen molar-refractivity contribution in [3.8, 4) is 0 Å². The van der Waals surface area contributed by atoms with Gasteiger partial charge in [0.1, 0.15) is 23.4 Å². The number of aliphatic carboxylic acids is 1. The zero-order valence-electron chi connectivity index (χ0n) is 19.5. The third kappa shape index (κ3) is 4.81. The number of hydrogen-bond acceptors (Lipinski definition) is 7. The number of ether oxygens (including phenoxy) is 4. The van der Waals surface area contributed by atoms with Gasteiger partial charge in [0.05, 0.1) is 25.2 Å². The van der Waals surface area contributed by atoms with E-state index in [0.717, 1.165) is 12.8 Å². The quantitative estimate of drug-likeness (QED) is 0.424. The summed E-state index contributed by atoms with van der Waals surface area (Å²) < 4.78 is 23.9. The standard InChI is InChI=1S/C23H36N2O7/c1-14(2)5-6-17-22(3,32-17)20-19(29-4)16(7-9-23(20)13-30-23)31-21(28)24-15-8-10-25(11-15)12-18(26)27/h5,15-17,19-20H,6-13H2,1-4H3,(H,24,28)(H,26,27)/t15?,16-,17-,19-,20-,22+,23+/m1/s1. The van der Waals surface area contributed by atoms with Crippen LogP contribution in [-0.4, -0.2) is 91.0 Å². The molecule has 1 spiro atoms. The van der Waals surface area contributed by atoms with Gasteiger partial charge in [-0.3, -0.25) is 9.69 Å². The van der Waals surface area contributed by atoms with E-state index in [2.05, 4.69) is 32.2 Å². The van der Waals surface area contributed by atoms with Gasteiger partial charge in [-0.1, -0.05) is 11.6 Å². The molecule has 4 aliphatic rings. The molecule has 3 heterocycles. The third-order valence-corrected chi connectivity index (χ3v) is 7.45. The van der Waals surface area contributed by atoms with Crippen LogP contribution < -0.4 is 5.32 Å². The lowest BCUT2D eigenvalue weighted by atomic mass is 9.68. The highest BCUT2D eigenvalue weighted by Gasteiger charge is 2.72. The molecule has 1 unspecified atom stereocenters. The molecule has 0 aromatic carbocycles. The lowest BCUT2D eigenvalue weighted by Gasteiger charge is -2.42. The number of hydrogen-bond donors (Lipinski definition) is 2. The van der Waals surface area contributed by atoms with Crippen molar-refractivity contribution in [3.63, 3.8) is 0 Å². The lowest BCUT2D eigenvalue weighted by molar-refractivity contribution is -0.138. The molecule has 9 heteroatoms. The Bertz CT molecular complexity index is 763. The van der Waals surface area contributed by atoms with Crippen LogP contribution in [0.3, 0.4) is 0 Å². The first-order chi connectivity index (χ1) is 15.2. The summed E-state index contributed by atoms with van der Waals surface area (Å²) in [4.78, 5) is 25.4. The van der Waals surface area contributed by atoms with Gasteiger partial charge in [0, 0.05) is 26.2 Å². The molecule has 0 bridgehead atoms. The number of carbonyl (C=O) groups excluding carboxylic acids is 1. The van der Waals surface area contributed by atoms with Crippen LogP contribution in [0.15, 0.2) is 11.6 Å². The van der Waals surface area contributed by atoms with Crippen molar-refractivity contribution in [1.82, 2.24) is 10.2 Å². The maximum absolute atomic E-state index is 12.7. The van der Waals surface area contributed by atoms with Crippen molar-refractivity contribution in [3.05, 3.63) is 11.6 Å². The average Bonchev–Trinajstić information content (AvgIpc) is 3.58. The molecule has 2 N–H and O–H groups in total. The second kappa shape index (κ2) is 8.93. The SMILES string of the molecule is CO[C@@H]1[C@H](OC(=O)NC2CCN(CC(=O)O)C2)CC[C@]2(CO2)[C@H]1[C@@]1(C)O[C@@H]1CC=C(C)C. The van der Waals surface area contributed by atoms with Crippen LogP contribution in [-0.2, 0) is 23.7 Å². The maximum Gasteiger partial charge on any atom is 0.407 e. The van der Waals surface area contributed by atoms with E-state index >= 15 is 0 Å². The van der Waals surface area contributed by atoms with Crippen LogP contribution in [0.25, 0.3) is 0 Å². The summed E-state index contributed by atoms with van der Waals surface area (Å²) in [7, 11) is 1.66. The molecule has 4 rings (SSSR count). The Morgan fingerprint density at radius 3 is 2.69 bits per heavy atom. The van der Waals surface area contributed by atoms with E-state index in [9.17, 15) is 9.59 Å². The van der Waals surface area contributed by atoms with Crippen LogP contribution >= 0.6 is 0 Å². The highest BCUT2D eigenvalue weighted by Crippen LogP contribution is 2.59. The van der Waals surface area contributed by atoms with Crippen molar-refractivity contribution < 1.29 is 33.6 Å². The zero-order valence-corrected chi connectivity index (χ0v) is 19.5. The predicted molar refractivity (Wildman–Crippen MR) is 115 cm³/mol. The molecule has 1 amide bonds. The van der Waals surface area contributed by atoms with Crippen molar-refractivity contribution >= 4 is 12.1 Å². The average molecular weight is 453 g/mol. The lowest BCUT2D eigenvalue weighted by Crippen LogP contribution is -2.56. The van der Waals surface area contributed by atoms with Crippen molar-refractivity contribution in [1.29, 1.82) is 0 Å². The van der Waals surface area contributed by atoms with E-state index in [4.69, 9.17) is 24.1 Å². The summed E-state index contributed by atoms with van der Waals surface area (Å²) in [5.41, 5.74) is 0.637. The minimum atomic E-state index is -0.862. The third-order valence-electron chi connectivity index (χ3n) is 7.45. The predicted octanol–water partition coefficient (Wildman–Crippen LogP) is 1.95. The molecule has 3 aliphatic heterocycles. The van der Waals surface area contributed by atoms with E-state index in [0.29, 0.717) is 32.5 Å². The number of allylic oxidation sites excluding steroid dienone is 1. The fourth-order valence-electron chi connectivity index (χ4n) is 5.69. The fraction of sp³-hybridized carbons (Fsp3) is 0.826.